The third-order valence-electron chi connectivity index (χ3n) is 7.28. The summed E-state index contributed by atoms with van der Waals surface area (Å²) in [5.41, 5.74) is 3.95. The predicted molar refractivity (Wildman–Crippen MR) is 174 cm³/mol. The highest BCUT2D eigenvalue weighted by molar-refractivity contribution is 8.13. The summed E-state index contributed by atoms with van der Waals surface area (Å²) in [5, 5.41) is 13.3. The van der Waals surface area contributed by atoms with E-state index in [9.17, 15) is 28.8 Å². The van der Waals surface area contributed by atoms with Gasteiger partial charge in [0.15, 0.2) is 12.0 Å². The lowest BCUT2D eigenvalue weighted by atomic mass is 10.0. The molecule has 0 saturated carbocycles. The van der Waals surface area contributed by atoms with E-state index in [1.165, 1.54) is 13.1 Å². The van der Waals surface area contributed by atoms with Crippen LogP contribution in [0.1, 0.15) is 46.4 Å². The van der Waals surface area contributed by atoms with E-state index in [0.717, 1.165) is 28.0 Å². The number of Topliss-reactive ketones (excluding diaryl/α,β-unsaturated/α-hetero) is 1. The largest absolute Gasteiger partial charge is 0.405 e. The number of aromatic nitrogens is 2. The Hall–Kier alpha value is -2.17. The Balaban J connectivity index is 1.63. The van der Waals surface area contributed by atoms with Crippen LogP contribution in [0.3, 0.4) is 0 Å². The first kappa shape index (κ1) is 38.3. The zero-order valence-corrected chi connectivity index (χ0v) is 28.8. The summed E-state index contributed by atoms with van der Waals surface area (Å²) in [6, 6.07) is 9.48. The summed E-state index contributed by atoms with van der Waals surface area (Å²) in [5.74, 6) is -0.306. The summed E-state index contributed by atoms with van der Waals surface area (Å²) in [6.45, 7) is 7.34. The van der Waals surface area contributed by atoms with Crippen molar-refractivity contribution in [3.05, 3.63) is 69.0 Å². The van der Waals surface area contributed by atoms with Gasteiger partial charge in [0.2, 0.25) is 5.12 Å². The number of nitrogens with zero attached hydrogens (tertiary/aromatic N) is 1. The lowest BCUT2D eigenvalue weighted by Gasteiger charge is -2.26. The second kappa shape index (κ2) is 16.3. The molecule has 5 N–H and O–H groups in total. The normalized spacial score (nSPS) is 23.7. The summed E-state index contributed by atoms with van der Waals surface area (Å²) in [6.07, 6.45) is -2.51. The van der Waals surface area contributed by atoms with Crippen molar-refractivity contribution in [2.45, 2.75) is 76.1 Å². The van der Waals surface area contributed by atoms with E-state index < -0.39 is 60.6 Å². The third kappa shape index (κ3) is 10.2. The second-order valence-corrected chi connectivity index (χ2v) is 15.5. The maximum atomic E-state index is 13.8. The number of ether oxygens (including phenoxy) is 2. The molecule has 1 aliphatic rings. The number of thioether (sulfide) groups is 1. The molecule has 17 heteroatoms. The van der Waals surface area contributed by atoms with Crippen LogP contribution < -0.4 is 22.1 Å². The van der Waals surface area contributed by atoms with Gasteiger partial charge < -0.3 is 20.3 Å². The first-order valence-electron chi connectivity index (χ1n) is 14.6. The Labute approximate surface area is 276 Å². The standard InChI is InChI=1S/C29H42ClN4O10PS/c1-18(2)23(31)20(35)16-41-28(3,4)26(38)46-14-13-42-45(40,32-15-19-9-7-6-8-10-19)43-17-21-24(37)29(5,30)25(44-21)34-12-11-22(36)33-27(34)39/h6-12,18,21,23-25,37H,13-17,31H2,1-5H3,(H,32,40)(H,33,36,39)/t21-,23?,24-,25-,29-,45?/m1/s1. The van der Waals surface area contributed by atoms with Crippen LogP contribution in [0.4, 0.5) is 0 Å². The van der Waals surface area contributed by atoms with Gasteiger partial charge in [-0.15, -0.1) is 11.6 Å². The summed E-state index contributed by atoms with van der Waals surface area (Å²) in [4.78, 5) is 49.5. The Kier molecular flexibility index (Phi) is 13.6. The SMILES string of the molecule is CC(C)C(N)C(=O)COC(C)(C)C(=O)SCCOP(=O)(NCc1ccccc1)OC[C@H]1O[C@@H](n2ccc(=O)[nH]c2=O)[C@](C)(Cl)[C@@H]1O. The van der Waals surface area contributed by atoms with Crippen LogP contribution in [0, 0.1) is 5.92 Å². The fourth-order valence-corrected chi connectivity index (χ4v) is 6.78. The van der Waals surface area contributed by atoms with Gasteiger partial charge in [-0.1, -0.05) is 55.9 Å². The molecule has 1 fully saturated rings. The van der Waals surface area contributed by atoms with Crippen molar-refractivity contribution in [2.75, 3.05) is 25.6 Å². The van der Waals surface area contributed by atoms with Crippen molar-refractivity contribution < 1.29 is 37.8 Å². The molecule has 0 radical (unpaired) electrons. The van der Waals surface area contributed by atoms with Crippen molar-refractivity contribution in [2.24, 2.45) is 11.7 Å². The molecule has 2 aromatic rings. The van der Waals surface area contributed by atoms with Gasteiger partial charge in [-0.3, -0.25) is 33.0 Å². The van der Waals surface area contributed by atoms with Crippen LogP contribution in [0.2, 0.25) is 0 Å². The first-order valence-corrected chi connectivity index (χ1v) is 17.5. The number of aromatic amines is 1. The van der Waals surface area contributed by atoms with Crippen molar-refractivity contribution >= 4 is 42.0 Å². The van der Waals surface area contributed by atoms with Crippen molar-refractivity contribution in [3.63, 3.8) is 0 Å². The molecule has 0 amide bonds. The molecular weight excluding hydrogens is 663 g/mol. The number of H-pyrrole nitrogens is 1. The van der Waals surface area contributed by atoms with Crippen molar-refractivity contribution in [3.8, 4) is 0 Å². The topological polar surface area (TPSA) is 201 Å². The minimum absolute atomic E-state index is 0.0699. The van der Waals surface area contributed by atoms with E-state index >= 15 is 0 Å². The molecule has 1 saturated heterocycles. The number of carbonyl (C=O) groups excluding carboxylic acids is 2. The van der Waals surface area contributed by atoms with E-state index in [-0.39, 0.29) is 42.3 Å². The molecule has 2 unspecified atom stereocenters. The lowest BCUT2D eigenvalue weighted by molar-refractivity contribution is -0.139. The Bertz CT molecular complexity index is 1500. The number of nitrogens with one attached hydrogen (secondary N) is 2. The highest BCUT2D eigenvalue weighted by Crippen LogP contribution is 2.47. The van der Waals surface area contributed by atoms with Gasteiger partial charge in [-0.2, -0.15) is 0 Å². The number of hydrogen-bond donors (Lipinski definition) is 4. The van der Waals surface area contributed by atoms with E-state index in [0.29, 0.717) is 0 Å². The van der Waals surface area contributed by atoms with Gasteiger partial charge in [-0.05, 0) is 32.3 Å². The molecule has 0 aliphatic carbocycles. The molecule has 1 aromatic heterocycles. The molecule has 0 spiro atoms. The Morgan fingerprint density at radius 1 is 1.24 bits per heavy atom. The molecule has 256 valence electrons. The summed E-state index contributed by atoms with van der Waals surface area (Å²) >= 11 is 7.46. The molecule has 1 aromatic carbocycles. The molecule has 1 aliphatic heterocycles. The van der Waals surface area contributed by atoms with Gasteiger partial charge in [0.05, 0.1) is 19.3 Å². The molecular formula is C29H42ClN4O10PS. The third-order valence-corrected chi connectivity index (χ3v) is 10.4. The zero-order valence-electron chi connectivity index (χ0n) is 26.3. The van der Waals surface area contributed by atoms with Crippen LogP contribution in [-0.4, -0.2) is 79.9 Å². The van der Waals surface area contributed by atoms with E-state index in [1.54, 1.807) is 13.8 Å². The molecule has 3 rings (SSSR count). The number of hydrogen-bond acceptors (Lipinski definition) is 12. The van der Waals surface area contributed by atoms with Crippen LogP contribution >= 0.6 is 31.1 Å². The van der Waals surface area contributed by atoms with E-state index in [1.807, 2.05) is 44.2 Å². The van der Waals surface area contributed by atoms with Crippen LogP contribution in [-0.2, 0) is 39.2 Å². The molecule has 46 heavy (non-hydrogen) atoms. The maximum Gasteiger partial charge on any atom is 0.405 e. The van der Waals surface area contributed by atoms with E-state index in [4.69, 9.17) is 35.9 Å². The number of alkyl halides is 1. The number of carbonyl (C=O) groups is 2. The fourth-order valence-electron chi connectivity index (χ4n) is 4.29. The highest BCUT2D eigenvalue weighted by Gasteiger charge is 2.54. The first-order chi connectivity index (χ1) is 21.5. The molecule has 0 bridgehead atoms. The molecule has 14 nitrogen and oxygen atoms in total. The monoisotopic (exact) mass is 704 g/mol. The van der Waals surface area contributed by atoms with Crippen LogP contribution in [0.25, 0.3) is 0 Å². The zero-order chi connectivity index (χ0) is 34.3. The minimum Gasteiger partial charge on any atom is -0.388 e. The number of aliphatic hydroxyl groups excluding tert-OH is 1. The van der Waals surface area contributed by atoms with Crippen LogP contribution in [0.5, 0.6) is 0 Å². The lowest BCUT2D eigenvalue weighted by Crippen LogP contribution is -2.43. The Morgan fingerprint density at radius 2 is 1.91 bits per heavy atom. The van der Waals surface area contributed by atoms with Gasteiger partial charge in [-0.25, -0.2) is 14.4 Å². The van der Waals surface area contributed by atoms with Crippen LogP contribution in [0.15, 0.2) is 52.2 Å². The number of nitrogens with two attached hydrogens (primary N) is 1. The van der Waals surface area contributed by atoms with Gasteiger partial charge >= 0.3 is 13.4 Å². The minimum atomic E-state index is -4.07. The number of halogens is 1. The average Bonchev–Trinajstić information content (AvgIpc) is 3.23. The fraction of sp³-hybridized carbons (Fsp3) is 0.586. The van der Waals surface area contributed by atoms with E-state index in [2.05, 4.69) is 10.1 Å². The smallest absolute Gasteiger partial charge is 0.388 e. The highest BCUT2D eigenvalue weighted by atomic mass is 35.5. The van der Waals surface area contributed by atoms with Gasteiger partial charge in [0.25, 0.3) is 5.56 Å². The van der Waals surface area contributed by atoms with Crippen molar-refractivity contribution in [1.82, 2.24) is 14.6 Å². The predicted octanol–water partition coefficient (Wildman–Crippen LogP) is 2.33. The van der Waals surface area contributed by atoms with Crippen molar-refractivity contribution in [1.29, 1.82) is 0 Å². The summed E-state index contributed by atoms with van der Waals surface area (Å²) < 4.78 is 37.6. The number of rotatable bonds is 17. The average molecular weight is 705 g/mol. The second-order valence-electron chi connectivity index (χ2n) is 11.8. The van der Waals surface area contributed by atoms with Gasteiger partial charge in [0, 0.05) is 24.6 Å². The molecule has 2 heterocycles. The quantitative estimate of drug-likeness (QED) is 0.106. The number of benzene rings is 1. The summed E-state index contributed by atoms with van der Waals surface area (Å²) in [7, 11) is -4.07. The molecule has 6 atom stereocenters. The number of ketones is 1. The Morgan fingerprint density at radius 3 is 2.54 bits per heavy atom. The number of aliphatic hydroxyl groups is 1. The maximum absolute atomic E-state index is 13.8. The van der Waals surface area contributed by atoms with Gasteiger partial charge in [0.1, 0.15) is 29.3 Å².